The molecular formula is C21H33IN4O3S. The highest BCUT2D eigenvalue weighted by Crippen LogP contribution is 2.21. The van der Waals surface area contributed by atoms with Crippen LogP contribution in [0, 0.1) is 0 Å². The van der Waals surface area contributed by atoms with Crippen molar-refractivity contribution in [1.29, 1.82) is 0 Å². The minimum Gasteiger partial charge on any atom is -0.377 e. The van der Waals surface area contributed by atoms with Crippen molar-refractivity contribution in [2.45, 2.75) is 31.8 Å². The average molecular weight is 548 g/mol. The Balaban J connectivity index is 0.00000320. The second kappa shape index (κ2) is 12.6. The maximum absolute atomic E-state index is 12.2. The van der Waals surface area contributed by atoms with Crippen molar-refractivity contribution in [3.63, 3.8) is 0 Å². The van der Waals surface area contributed by atoms with E-state index in [1.54, 1.807) is 7.05 Å². The average Bonchev–Trinajstić information content (AvgIpc) is 2.77. The maximum atomic E-state index is 12.2. The zero-order valence-electron chi connectivity index (χ0n) is 17.5. The fourth-order valence-electron chi connectivity index (χ4n) is 3.67. The number of benzene rings is 1. The molecule has 1 aromatic carbocycles. The lowest BCUT2D eigenvalue weighted by atomic mass is 10.00. The summed E-state index contributed by atoms with van der Waals surface area (Å²) in [6, 6.07) is 10.4. The highest BCUT2D eigenvalue weighted by molar-refractivity contribution is 14.0. The number of hydrogen-bond donors (Lipinski definition) is 2. The summed E-state index contributed by atoms with van der Waals surface area (Å²) in [7, 11) is -1.61. The molecule has 1 unspecified atom stereocenters. The quantitative estimate of drug-likeness (QED) is 0.311. The molecule has 1 aromatic rings. The molecular weight excluding hydrogens is 515 g/mol. The van der Waals surface area contributed by atoms with Crippen molar-refractivity contribution in [3.05, 3.63) is 42.0 Å². The van der Waals surface area contributed by atoms with Crippen molar-refractivity contribution in [2.24, 2.45) is 4.99 Å². The van der Waals surface area contributed by atoms with Crippen LogP contribution >= 0.6 is 24.0 Å². The van der Waals surface area contributed by atoms with Crippen molar-refractivity contribution < 1.29 is 13.2 Å². The SMILES string of the molecule is CN=C(NCCS(=O)(=O)NCC1CCCCO1)N1CC=C(c2ccccc2)CC1.I. The fourth-order valence-corrected chi connectivity index (χ4v) is 4.62. The zero-order valence-corrected chi connectivity index (χ0v) is 20.7. The Morgan fingerprint density at radius 2 is 2.07 bits per heavy atom. The Morgan fingerprint density at radius 3 is 2.70 bits per heavy atom. The van der Waals surface area contributed by atoms with Crippen LogP contribution in [0.4, 0.5) is 0 Å². The van der Waals surface area contributed by atoms with E-state index in [1.807, 2.05) is 6.07 Å². The number of ether oxygens (including phenoxy) is 1. The largest absolute Gasteiger partial charge is 0.377 e. The molecule has 2 aliphatic rings. The standard InChI is InChI=1S/C21H32N4O3S.HI/c1-22-21(25-13-10-19(11-14-25)18-7-3-2-4-8-18)23-12-16-29(26,27)24-17-20-9-5-6-15-28-20;/h2-4,7-8,10,20,24H,5-6,9,11-17H2,1H3,(H,22,23);1H. The van der Waals surface area contributed by atoms with E-state index in [-0.39, 0.29) is 35.8 Å². The third-order valence-electron chi connectivity index (χ3n) is 5.32. The molecule has 0 bridgehead atoms. The Labute approximate surface area is 197 Å². The first-order valence-electron chi connectivity index (χ1n) is 10.4. The second-order valence-corrected chi connectivity index (χ2v) is 9.35. The molecule has 168 valence electrons. The number of nitrogens with one attached hydrogen (secondary N) is 2. The summed E-state index contributed by atoms with van der Waals surface area (Å²) in [6.45, 7) is 3.01. The van der Waals surface area contributed by atoms with E-state index >= 15 is 0 Å². The van der Waals surface area contributed by atoms with Gasteiger partial charge < -0.3 is 15.0 Å². The van der Waals surface area contributed by atoms with Crippen LogP contribution in [0.25, 0.3) is 5.57 Å². The van der Waals surface area contributed by atoms with E-state index in [0.717, 1.165) is 51.3 Å². The van der Waals surface area contributed by atoms with Gasteiger partial charge in [-0.2, -0.15) is 0 Å². The Hall–Kier alpha value is -1.17. The van der Waals surface area contributed by atoms with Crippen LogP contribution in [-0.2, 0) is 14.8 Å². The summed E-state index contributed by atoms with van der Waals surface area (Å²) in [5.74, 6) is 0.747. The first-order valence-corrected chi connectivity index (χ1v) is 12.0. The minimum atomic E-state index is -3.34. The molecule has 2 N–H and O–H groups in total. The summed E-state index contributed by atoms with van der Waals surface area (Å²) in [4.78, 5) is 6.46. The zero-order chi connectivity index (χ0) is 20.5. The normalized spacial score (nSPS) is 20.3. The van der Waals surface area contributed by atoms with Crippen molar-refractivity contribution in [2.75, 3.05) is 45.6 Å². The molecule has 0 aromatic heterocycles. The molecule has 1 saturated heterocycles. The third-order valence-corrected chi connectivity index (χ3v) is 6.67. The van der Waals surface area contributed by atoms with Crippen LogP contribution in [0.3, 0.4) is 0 Å². The van der Waals surface area contributed by atoms with Crippen LogP contribution in [0.5, 0.6) is 0 Å². The summed E-state index contributed by atoms with van der Waals surface area (Å²) in [6.07, 6.45) is 6.23. The molecule has 1 atom stereocenters. The molecule has 2 heterocycles. The van der Waals surface area contributed by atoms with Gasteiger partial charge in [0.2, 0.25) is 10.0 Å². The first kappa shape index (κ1) is 25.1. The topological polar surface area (TPSA) is 83.0 Å². The molecule has 9 heteroatoms. The number of rotatable bonds is 7. The van der Waals surface area contributed by atoms with Gasteiger partial charge in [0.05, 0.1) is 11.9 Å². The predicted octanol–water partition coefficient (Wildman–Crippen LogP) is 2.46. The van der Waals surface area contributed by atoms with E-state index in [1.165, 1.54) is 11.1 Å². The van der Waals surface area contributed by atoms with Gasteiger partial charge in [-0.05, 0) is 36.8 Å². The van der Waals surface area contributed by atoms with E-state index < -0.39 is 10.0 Å². The number of aliphatic imine (C=N–C) groups is 1. The molecule has 0 spiro atoms. The van der Waals surface area contributed by atoms with Crippen LogP contribution in [-0.4, -0.2) is 71.0 Å². The first-order chi connectivity index (χ1) is 14.1. The minimum absolute atomic E-state index is 0. The smallest absolute Gasteiger partial charge is 0.213 e. The third kappa shape index (κ3) is 7.82. The van der Waals surface area contributed by atoms with Gasteiger partial charge in [-0.25, -0.2) is 13.1 Å². The highest BCUT2D eigenvalue weighted by atomic mass is 127. The van der Waals surface area contributed by atoms with Gasteiger partial charge in [0.1, 0.15) is 0 Å². The van der Waals surface area contributed by atoms with E-state index in [9.17, 15) is 8.42 Å². The monoisotopic (exact) mass is 548 g/mol. The molecule has 30 heavy (non-hydrogen) atoms. The van der Waals surface area contributed by atoms with Gasteiger partial charge in [0, 0.05) is 39.8 Å². The lowest BCUT2D eigenvalue weighted by Gasteiger charge is -2.29. The lowest BCUT2D eigenvalue weighted by molar-refractivity contribution is 0.0200. The Morgan fingerprint density at radius 1 is 1.27 bits per heavy atom. The molecule has 1 fully saturated rings. The summed E-state index contributed by atoms with van der Waals surface area (Å²) < 4.78 is 32.7. The van der Waals surface area contributed by atoms with Gasteiger partial charge in [-0.3, -0.25) is 4.99 Å². The number of guanidine groups is 1. The number of hydrogen-bond acceptors (Lipinski definition) is 4. The predicted molar refractivity (Wildman–Crippen MR) is 133 cm³/mol. The van der Waals surface area contributed by atoms with Gasteiger partial charge in [-0.1, -0.05) is 36.4 Å². The fraction of sp³-hybridized carbons (Fsp3) is 0.571. The molecule has 3 rings (SSSR count). The van der Waals surface area contributed by atoms with Crippen LogP contribution < -0.4 is 10.0 Å². The maximum Gasteiger partial charge on any atom is 0.213 e. The van der Waals surface area contributed by atoms with Crippen molar-refractivity contribution in [3.8, 4) is 0 Å². The number of halogens is 1. The van der Waals surface area contributed by atoms with E-state index in [4.69, 9.17) is 4.74 Å². The molecule has 7 nitrogen and oxygen atoms in total. The Bertz CT molecular complexity index is 809. The lowest BCUT2D eigenvalue weighted by Crippen LogP contribution is -2.46. The highest BCUT2D eigenvalue weighted by Gasteiger charge is 2.19. The van der Waals surface area contributed by atoms with Gasteiger partial charge in [0.25, 0.3) is 0 Å². The van der Waals surface area contributed by atoms with Gasteiger partial charge >= 0.3 is 0 Å². The van der Waals surface area contributed by atoms with E-state index in [0.29, 0.717) is 13.1 Å². The number of sulfonamides is 1. The van der Waals surface area contributed by atoms with E-state index in [2.05, 4.69) is 50.3 Å². The summed E-state index contributed by atoms with van der Waals surface area (Å²) in [5, 5.41) is 3.18. The van der Waals surface area contributed by atoms with Crippen LogP contribution in [0.2, 0.25) is 0 Å². The Kier molecular flexibility index (Phi) is 10.6. The molecule has 0 amide bonds. The van der Waals surface area contributed by atoms with Gasteiger partial charge in [0.15, 0.2) is 5.96 Å². The number of nitrogens with zero attached hydrogens (tertiary/aromatic N) is 2. The van der Waals surface area contributed by atoms with Crippen molar-refractivity contribution in [1.82, 2.24) is 14.9 Å². The molecule has 0 radical (unpaired) electrons. The summed E-state index contributed by atoms with van der Waals surface area (Å²) in [5.41, 5.74) is 2.60. The molecule has 0 aliphatic carbocycles. The van der Waals surface area contributed by atoms with Crippen LogP contribution in [0.15, 0.2) is 41.4 Å². The van der Waals surface area contributed by atoms with Crippen LogP contribution in [0.1, 0.15) is 31.2 Å². The molecule has 2 aliphatic heterocycles. The molecule has 0 saturated carbocycles. The van der Waals surface area contributed by atoms with Crippen molar-refractivity contribution >= 4 is 45.5 Å². The van der Waals surface area contributed by atoms with Gasteiger partial charge in [-0.15, -0.1) is 24.0 Å². The summed E-state index contributed by atoms with van der Waals surface area (Å²) >= 11 is 0. The second-order valence-electron chi connectivity index (χ2n) is 7.42.